The van der Waals surface area contributed by atoms with Crippen LogP contribution in [-0.2, 0) is 11.3 Å². The Kier molecular flexibility index (Phi) is 9.17. The van der Waals surface area contributed by atoms with Gasteiger partial charge in [-0.05, 0) is 31.7 Å². The number of ether oxygens (including phenoxy) is 1. The molecule has 0 spiro atoms. The number of hydrogen-bond acceptors (Lipinski definition) is 5. The maximum Gasteiger partial charge on any atom is 0.341 e. The van der Waals surface area contributed by atoms with Gasteiger partial charge in [-0.2, -0.15) is 0 Å². The van der Waals surface area contributed by atoms with Crippen molar-refractivity contribution < 1.29 is 13.9 Å². The second-order valence-electron chi connectivity index (χ2n) is 4.37. The molecule has 1 aromatic heterocycles. The molecule has 4 nitrogen and oxygen atoms in total. The van der Waals surface area contributed by atoms with Gasteiger partial charge in [0.05, 0.1) is 28.8 Å². The third-order valence-electron chi connectivity index (χ3n) is 2.65. The van der Waals surface area contributed by atoms with Crippen LogP contribution in [0.2, 0.25) is 10.0 Å². The van der Waals surface area contributed by atoms with Crippen LogP contribution in [0.4, 0.5) is 0 Å². The molecule has 0 fully saturated rings. The smallest absolute Gasteiger partial charge is 0.341 e. The van der Waals surface area contributed by atoms with Crippen LogP contribution in [0.5, 0.6) is 0 Å². The fraction of sp³-hybridized carbons (Fsp3) is 0.312. The molecule has 0 aliphatic heterocycles. The topological polar surface area (TPSA) is 51.5 Å². The molecular weight excluding hydrogens is 357 g/mol. The SMILES string of the molecule is CCNCc1cc(C(=O)OCC)co1.Sc1c(Cl)cccc1Cl. The molecule has 2 aromatic rings. The number of carbonyl (C=O) groups excluding carboxylic acids is 1. The molecule has 126 valence electrons. The first-order valence-corrected chi connectivity index (χ1v) is 8.28. The number of nitrogens with one attached hydrogen (secondary N) is 1. The zero-order chi connectivity index (χ0) is 17.2. The number of rotatable bonds is 5. The first-order valence-electron chi connectivity index (χ1n) is 7.07. The largest absolute Gasteiger partial charge is 0.467 e. The van der Waals surface area contributed by atoms with Crippen LogP contribution in [-0.4, -0.2) is 19.1 Å². The van der Waals surface area contributed by atoms with Crippen molar-refractivity contribution in [1.82, 2.24) is 5.32 Å². The molecule has 0 radical (unpaired) electrons. The molecule has 0 bridgehead atoms. The number of esters is 1. The minimum Gasteiger partial charge on any atom is -0.467 e. The van der Waals surface area contributed by atoms with Gasteiger partial charge in [0.15, 0.2) is 0 Å². The lowest BCUT2D eigenvalue weighted by molar-refractivity contribution is 0.0525. The summed E-state index contributed by atoms with van der Waals surface area (Å²) in [6, 6.07) is 6.97. The maximum absolute atomic E-state index is 11.2. The molecule has 0 saturated carbocycles. The average Bonchev–Trinajstić information content (AvgIpc) is 3.00. The predicted molar refractivity (Wildman–Crippen MR) is 95.8 cm³/mol. The van der Waals surface area contributed by atoms with Crippen molar-refractivity contribution in [2.45, 2.75) is 25.3 Å². The number of hydrogen-bond donors (Lipinski definition) is 2. The molecular formula is C16H19Cl2NO3S. The Morgan fingerprint density at radius 2 is 1.96 bits per heavy atom. The summed E-state index contributed by atoms with van der Waals surface area (Å²) < 4.78 is 10.00. The van der Waals surface area contributed by atoms with Crippen LogP contribution in [0.15, 0.2) is 39.8 Å². The van der Waals surface area contributed by atoms with E-state index in [2.05, 4.69) is 17.9 Å². The van der Waals surface area contributed by atoms with Gasteiger partial charge in [-0.1, -0.05) is 36.2 Å². The summed E-state index contributed by atoms with van der Waals surface area (Å²) in [7, 11) is 0. The second kappa shape index (κ2) is 10.6. The minimum atomic E-state index is -0.334. The molecule has 0 unspecified atom stereocenters. The normalized spacial score (nSPS) is 9.96. The summed E-state index contributed by atoms with van der Waals surface area (Å²) in [6.45, 7) is 5.67. The van der Waals surface area contributed by atoms with Crippen LogP contribution < -0.4 is 5.32 Å². The molecule has 1 N–H and O–H groups in total. The van der Waals surface area contributed by atoms with Gasteiger partial charge in [-0.25, -0.2) is 4.79 Å². The standard InChI is InChI=1S/C10H15NO3.C6H4Cl2S/c1-3-11-6-9-5-8(7-14-9)10(12)13-4-2;7-4-2-1-3-5(8)6(4)9/h5,7,11H,3-4,6H2,1-2H3;1-3,9H. The van der Waals surface area contributed by atoms with E-state index in [1.54, 1.807) is 31.2 Å². The highest BCUT2D eigenvalue weighted by Gasteiger charge is 2.10. The zero-order valence-electron chi connectivity index (χ0n) is 12.9. The molecule has 0 aliphatic carbocycles. The van der Waals surface area contributed by atoms with Gasteiger partial charge in [0.1, 0.15) is 12.0 Å². The van der Waals surface area contributed by atoms with Crippen molar-refractivity contribution in [3.8, 4) is 0 Å². The quantitative estimate of drug-likeness (QED) is 0.579. The monoisotopic (exact) mass is 375 g/mol. The molecule has 1 heterocycles. The maximum atomic E-state index is 11.2. The van der Waals surface area contributed by atoms with E-state index in [1.807, 2.05) is 6.92 Å². The Morgan fingerprint density at radius 1 is 1.30 bits per heavy atom. The lowest BCUT2D eigenvalue weighted by atomic mass is 10.3. The lowest BCUT2D eigenvalue weighted by Crippen LogP contribution is -2.11. The Hall–Kier alpha value is -1.14. The number of halogens is 2. The first-order chi connectivity index (χ1) is 11.0. The van der Waals surface area contributed by atoms with Crippen molar-refractivity contribution in [3.63, 3.8) is 0 Å². The van der Waals surface area contributed by atoms with Crippen LogP contribution in [0.1, 0.15) is 30.0 Å². The number of carbonyl (C=O) groups is 1. The molecule has 2 rings (SSSR count). The van der Waals surface area contributed by atoms with E-state index < -0.39 is 0 Å². The van der Waals surface area contributed by atoms with E-state index in [4.69, 9.17) is 32.4 Å². The minimum absolute atomic E-state index is 0.334. The van der Waals surface area contributed by atoms with Crippen LogP contribution in [0.3, 0.4) is 0 Å². The highest BCUT2D eigenvalue weighted by molar-refractivity contribution is 7.80. The summed E-state index contributed by atoms with van der Waals surface area (Å²) in [5, 5.41) is 4.28. The Bertz CT molecular complexity index is 611. The van der Waals surface area contributed by atoms with Gasteiger partial charge in [0.2, 0.25) is 0 Å². The van der Waals surface area contributed by atoms with Crippen LogP contribution in [0, 0.1) is 0 Å². The first kappa shape index (κ1) is 19.9. The molecule has 0 amide bonds. The predicted octanol–water partition coefficient (Wildman–Crippen LogP) is 4.85. The third-order valence-corrected chi connectivity index (χ3v) is 4.03. The van der Waals surface area contributed by atoms with Crippen LogP contribution in [0.25, 0.3) is 0 Å². The Labute approximate surface area is 151 Å². The fourth-order valence-corrected chi connectivity index (χ4v) is 2.08. The molecule has 0 atom stereocenters. The van der Waals surface area contributed by atoms with E-state index in [-0.39, 0.29) is 5.97 Å². The number of furan rings is 1. The third kappa shape index (κ3) is 6.87. The van der Waals surface area contributed by atoms with Crippen molar-refractivity contribution in [1.29, 1.82) is 0 Å². The van der Waals surface area contributed by atoms with E-state index in [9.17, 15) is 4.79 Å². The molecule has 0 saturated heterocycles. The molecule has 7 heteroatoms. The summed E-state index contributed by atoms with van der Waals surface area (Å²) in [5.41, 5.74) is 0.472. The molecule has 23 heavy (non-hydrogen) atoms. The summed E-state index contributed by atoms with van der Waals surface area (Å²) in [6.07, 6.45) is 1.42. The second-order valence-corrected chi connectivity index (χ2v) is 5.63. The van der Waals surface area contributed by atoms with E-state index >= 15 is 0 Å². The van der Waals surface area contributed by atoms with E-state index in [0.717, 1.165) is 12.3 Å². The Morgan fingerprint density at radius 3 is 2.48 bits per heavy atom. The van der Waals surface area contributed by atoms with Crippen molar-refractivity contribution in [2.75, 3.05) is 13.2 Å². The van der Waals surface area contributed by atoms with E-state index in [0.29, 0.717) is 33.7 Å². The van der Waals surface area contributed by atoms with Crippen LogP contribution >= 0.6 is 35.8 Å². The lowest BCUT2D eigenvalue weighted by Gasteiger charge is -1.96. The Balaban J connectivity index is 0.000000253. The van der Waals surface area contributed by atoms with Gasteiger partial charge in [-0.3, -0.25) is 0 Å². The highest BCUT2D eigenvalue weighted by atomic mass is 35.5. The van der Waals surface area contributed by atoms with Gasteiger partial charge in [0.25, 0.3) is 0 Å². The average molecular weight is 376 g/mol. The van der Waals surface area contributed by atoms with Gasteiger partial charge < -0.3 is 14.5 Å². The van der Waals surface area contributed by atoms with Crippen molar-refractivity contribution in [3.05, 3.63) is 51.9 Å². The molecule has 0 aliphatic rings. The van der Waals surface area contributed by atoms with Gasteiger partial charge >= 0.3 is 5.97 Å². The summed E-state index contributed by atoms with van der Waals surface area (Å²) in [5.74, 6) is 0.411. The van der Waals surface area contributed by atoms with Gasteiger partial charge in [-0.15, -0.1) is 12.6 Å². The van der Waals surface area contributed by atoms with Gasteiger partial charge in [0, 0.05) is 4.90 Å². The molecule has 1 aromatic carbocycles. The summed E-state index contributed by atoms with van der Waals surface area (Å²) in [4.78, 5) is 11.9. The fourth-order valence-electron chi connectivity index (χ4n) is 1.53. The zero-order valence-corrected chi connectivity index (χ0v) is 15.3. The summed E-state index contributed by atoms with van der Waals surface area (Å²) >= 11 is 15.4. The number of thiol groups is 1. The number of benzene rings is 1. The van der Waals surface area contributed by atoms with E-state index in [1.165, 1.54) is 6.26 Å². The van der Waals surface area contributed by atoms with Crippen molar-refractivity contribution >= 4 is 41.8 Å². The highest BCUT2D eigenvalue weighted by Crippen LogP contribution is 2.26. The van der Waals surface area contributed by atoms with Crippen molar-refractivity contribution in [2.24, 2.45) is 0 Å².